The fraction of sp³-hybridized carbons (Fsp3) is 0.471. The Morgan fingerprint density at radius 2 is 2.20 bits per heavy atom. The summed E-state index contributed by atoms with van der Waals surface area (Å²) in [5, 5.41) is 18.9. The van der Waals surface area contributed by atoms with Gasteiger partial charge in [0.2, 0.25) is 0 Å². The van der Waals surface area contributed by atoms with Crippen molar-refractivity contribution in [3.8, 4) is 5.75 Å². The maximum absolute atomic E-state index is 13.8. The number of aromatic nitrogens is 3. The lowest BCUT2D eigenvalue weighted by atomic mass is 10.00. The van der Waals surface area contributed by atoms with Crippen LogP contribution < -0.4 is 4.74 Å². The Morgan fingerprint density at radius 1 is 1.44 bits per heavy atom. The van der Waals surface area contributed by atoms with Crippen molar-refractivity contribution in [2.24, 2.45) is 0 Å². The molecule has 1 fully saturated rings. The number of β-amino-alcohol motifs (C(OH)–C–C–N with tert-alkyl or cyclic N) is 1. The topological polar surface area (TPSA) is 80.5 Å². The van der Waals surface area contributed by atoms with Crippen LogP contribution in [0.2, 0.25) is 0 Å². The Morgan fingerprint density at radius 3 is 2.80 bits per heavy atom. The molecule has 0 bridgehead atoms. The fourth-order valence-electron chi connectivity index (χ4n) is 2.90. The molecule has 1 aromatic heterocycles. The van der Waals surface area contributed by atoms with Crippen LogP contribution in [0.1, 0.15) is 42.4 Å². The summed E-state index contributed by atoms with van der Waals surface area (Å²) < 4.78 is 20.4. The van der Waals surface area contributed by atoms with Crippen molar-refractivity contribution in [2.45, 2.75) is 31.9 Å². The third-order valence-electron chi connectivity index (χ3n) is 4.45. The zero-order chi connectivity index (χ0) is 18.2. The summed E-state index contributed by atoms with van der Waals surface area (Å²) in [7, 11) is 1.37. The van der Waals surface area contributed by atoms with E-state index in [-0.39, 0.29) is 29.8 Å². The van der Waals surface area contributed by atoms with E-state index in [2.05, 4.69) is 10.3 Å². The SMILES string of the molecule is COc1ccc(C(=O)N2CC[C@@](O)(c3cn(C(C)C)nn3)C2)cc1F. The molecule has 25 heavy (non-hydrogen) atoms. The van der Waals surface area contributed by atoms with Crippen LogP contribution >= 0.6 is 0 Å². The Balaban J connectivity index is 1.77. The second-order valence-corrected chi connectivity index (χ2v) is 6.54. The number of aliphatic hydroxyl groups is 1. The largest absolute Gasteiger partial charge is 0.494 e. The molecule has 0 saturated carbocycles. The van der Waals surface area contributed by atoms with E-state index in [9.17, 15) is 14.3 Å². The lowest BCUT2D eigenvalue weighted by molar-refractivity contribution is 0.0381. The van der Waals surface area contributed by atoms with Gasteiger partial charge < -0.3 is 14.7 Å². The van der Waals surface area contributed by atoms with Gasteiger partial charge in [-0.2, -0.15) is 0 Å². The molecule has 1 saturated heterocycles. The summed E-state index contributed by atoms with van der Waals surface area (Å²) in [5.74, 6) is -0.851. The van der Waals surface area contributed by atoms with Crippen molar-refractivity contribution in [1.82, 2.24) is 19.9 Å². The van der Waals surface area contributed by atoms with E-state index in [0.717, 1.165) is 6.07 Å². The molecule has 1 aliphatic rings. The number of halogens is 1. The highest BCUT2D eigenvalue weighted by molar-refractivity contribution is 5.94. The maximum atomic E-state index is 13.8. The number of benzene rings is 1. The van der Waals surface area contributed by atoms with Crippen LogP contribution in [0.25, 0.3) is 0 Å². The van der Waals surface area contributed by atoms with Crippen molar-refractivity contribution in [2.75, 3.05) is 20.2 Å². The Labute approximate surface area is 145 Å². The second kappa shape index (κ2) is 6.44. The van der Waals surface area contributed by atoms with Crippen LogP contribution in [0.4, 0.5) is 4.39 Å². The molecule has 134 valence electrons. The lowest BCUT2D eigenvalue weighted by Gasteiger charge is -2.21. The van der Waals surface area contributed by atoms with Crippen molar-refractivity contribution >= 4 is 5.91 Å². The van der Waals surface area contributed by atoms with E-state index in [1.165, 1.54) is 24.1 Å². The van der Waals surface area contributed by atoms with E-state index >= 15 is 0 Å². The van der Waals surface area contributed by atoms with Gasteiger partial charge in [0.25, 0.3) is 5.91 Å². The van der Waals surface area contributed by atoms with Crippen LogP contribution in [-0.4, -0.2) is 51.1 Å². The zero-order valence-electron chi connectivity index (χ0n) is 14.4. The number of hydrogen-bond donors (Lipinski definition) is 1. The number of nitrogens with zero attached hydrogens (tertiary/aromatic N) is 4. The summed E-state index contributed by atoms with van der Waals surface area (Å²) in [6.07, 6.45) is 2.06. The van der Waals surface area contributed by atoms with Crippen LogP contribution in [0.3, 0.4) is 0 Å². The van der Waals surface area contributed by atoms with Crippen molar-refractivity contribution in [3.05, 3.63) is 41.5 Å². The van der Waals surface area contributed by atoms with E-state index in [1.807, 2.05) is 13.8 Å². The Bertz CT molecular complexity index is 792. The molecule has 1 N–H and O–H groups in total. The smallest absolute Gasteiger partial charge is 0.254 e. The van der Waals surface area contributed by atoms with Crippen LogP contribution in [0.5, 0.6) is 5.75 Å². The number of likely N-dealkylation sites (tertiary alicyclic amines) is 1. The molecule has 2 heterocycles. The van der Waals surface area contributed by atoms with Gasteiger partial charge in [-0.25, -0.2) is 9.07 Å². The van der Waals surface area contributed by atoms with Crippen molar-refractivity contribution in [3.63, 3.8) is 0 Å². The van der Waals surface area contributed by atoms with E-state index in [4.69, 9.17) is 4.74 Å². The van der Waals surface area contributed by atoms with Gasteiger partial charge in [-0.15, -0.1) is 5.10 Å². The first-order chi connectivity index (χ1) is 11.8. The van der Waals surface area contributed by atoms with Gasteiger partial charge in [-0.1, -0.05) is 5.21 Å². The van der Waals surface area contributed by atoms with E-state index < -0.39 is 11.4 Å². The number of rotatable bonds is 4. The average Bonchev–Trinajstić information content (AvgIpc) is 3.22. The van der Waals surface area contributed by atoms with Gasteiger partial charge in [-0.05, 0) is 32.0 Å². The fourth-order valence-corrected chi connectivity index (χ4v) is 2.90. The number of hydrogen-bond acceptors (Lipinski definition) is 5. The first-order valence-corrected chi connectivity index (χ1v) is 8.11. The third-order valence-corrected chi connectivity index (χ3v) is 4.45. The minimum absolute atomic E-state index is 0.0831. The Hall–Kier alpha value is -2.48. The quantitative estimate of drug-likeness (QED) is 0.910. The van der Waals surface area contributed by atoms with Gasteiger partial charge >= 0.3 is 0 Å². The lowest BCUT2D eigenvalue weighted by Crippen LogP contribution is -2.34. The molecular formula is C17H21FN4O3. The highest BCUT2D eigenvalue weighted by Crippen LogP contribution is 2.32. The standard InChI is InChI=1S/C17H21FN4O3/c1-11(2)22-9-15(19-20-22)17(24)6-7-21(10-17)16(23)12-4-5-14(25-3)13(18)8-12/h4-5,8-9,11,24H,6-7,10H2,1-3H3/t17-/m0/s1. The summed E-state index contributed by atoms with van der Waals surface area (Å²) in [4.78, 5) is 14.1. The van der Waals surface area contributed by atoms with Crippen LogP contribution in [0, 0.1) is 5.82 Å². The highest BCUT2D eigenvalue weighted by atomic mass is 19.1. The number of methoxy groups -OCH3 is 1. The van der Waals surface area contributed by atoms with Gasteiger partial charge in [0, 0.05) is 24.6 Å². The van der Waals surface area contributed by atoms with Crippen molar-refractivity contribution < 1.29 is 19.0 Å². The van der Waals surface area contributed by atoms with E-state index in [1.54, 1.807) is 10.9 Å². The summed E-state index contributed by atoms with van der Waals surface area (Å²) in [6, 6.07) is 4.20. The average molecular weight is 348 g/mol. The first kappa shape index (κ1) is 17.3. The minimum Gasteiger partial charge on any atom is -0.494 e. The summed E-state index contributed by atoms with van der Waals surface area (Å²) in [6.45, 7) is 4.38. The first-order valence-electron chi connectivity index (χ1n) is 8.11. The third kappa shape index (κ3) is 3.21. The van der Waals surface area contributed by atoms with Crippen molar-refractivity contribution in [1.29, 1.82) is 0 Å². The molecule has 1 aromatic carbocycles. The number of ether oxygens (including phenoxy) is 1. The molecule has 0 unspecified atom stereocenters. The van der Waals surface area contributed by atoms with E-state index in [0.29, 0.717) is 18.7 Å². The molecular weight excluding hydrogens is 327 g/mol. The van der Waals surface area contributed by atoms with Gasteiger partial charge in [0.15, 0.2) is 11.6 Å². The molecule has 1 amide bonds. The second-order valence-electron chi connectivity index (χ2n) is 6.54. The predicted molar refractivity (Wildman–Crippen MR) is 87.8 cm³/mol. The summed E-state index contributed by atoms with van der Waals surface area (Å²) in [5.41, 5.74) is -0.584. The van der Waals surface area contributed by atoms with Gasteiger partial charge in [0.05, 0.1) is 19.9 Å². The molecule has 0 spiro atoms. The highest BCUT2D eigenvalue weighted by Gasteiger charge is 2.42. The van der Waals surface area contributed by atoms with Crippen LogP contribution in [-0.2, 0) is 5.60 Å². The zero-order valence-corrected chi connectivity index (χ0v) is 14.4. The summed E-state index contributed by atoms with van der Waals surface area (Å²) >= 11 is 0. The number of carbonyl (C=O) groups is 1. The molecule has 0 aliphatic carbocycles. The molecule has 1 aliphatic heterocycles. The monoisotopic (exact) mass is 348 g/mol. The Kier molecular flexibility index (Phi) is 4.47. The molecule has 8 heteroatoms. The predicted octanol–water partition coefficient (Wildman–Crippen LogP) is 1.74. The van der Waals surface area contributed by atoms with Gasteiger partial charge in [0.1, 0.15) is 11.3 Å². The normalized spacial score (nSPS) is 20.3. The molecule has 7 nitrogen and oxygen atoms in total. The van der Waals surface area contributed by atoms with Gasteiger partial charge in [-0.3, -0.25) is 4.79 Å². The number of amides is 1. The van der Waals surface area contributed by atoms with Crippen LogP contribution in [0.15, 0.2) is 24.4 Å². The minimum atomic E-state index is -1.24. The number of carbonyl (C=O) groups excluding carboxylic acids is 1. The molecule has 3 rings (SSSR count). The molecule has 0 radical (unpaired) electrons. The maximum Gasteiger partial charge on any atom is 0.254 e. The molecule has 2 aromatic rings. The molecule has 1 atom stereocenters.